The van der Waals surface area contributed by atoms with Gasteiger partial charge in [-0.25, -0.2) is 0 Å². The smallest absolute Gasteiger partial charge is 0.0120 e. The first-order valence-electron chi connectivity index (χ1n) is 7.36. The predicted octanol–water partition coefficient (Wildman–Crippen LogP) is 2.64. The highest BCUT2D eigenvalue weighted by Gasteiger charge is 2.30. The molecule has 0 bridgehead atoms. The standard InChI is InChI=1S/C14H28N2/c1-2-3-4-5-10-16-11-8-14-13(12-16)7-6-9-15-14/h13-15H,2-12H2,1H3. The summed E-state index contributed by atoms with van der Waals surface area (Å²) in [4.78, 5) is 2.71. The maximum atomic E-state index is 3.69. The molecule has 2 saturated heterocycles. The Balaban J connectivity index is 1.65. The average Bonchev–Trinajstić information content (AvgIpc) is 2.34. The van der Waals surface area contributed by atoms with E-state index in [1.54, 1.807) is 0 Å². The lowest BCUT2D eigenvalue weighted by molar-refractivity contribution is 0.112. The van der Waals surface area contributed by atoms with Crippen LogP contribution in [0.4, 0.5) is 0 Å². The molecule has 2 rings (SSSR count). The lowest BCUT2D eigenvalue weighted by Gasteiger charge is -2.41. The quantitative estimate of drug-likeness (QED) is 0.722. The molecular formula is C14H28N2. The second kappa shape index (κ2) is 6.61. The third-order valence-corrected chi connectivity index (χ3v) is 4.30. The summed E-state index contributed by atoms with van der Waals surface area (Å²) >= 11 is 0. The summed E-state index contributed by atoms with van der Waals surface area (Å²) in [5.41, 5.74) is 0. The van der Waals surface area contributed by atoms with E-state index in [1.807, 2.05) is 0 Å². The molecule has 0 spiro atoms. The Kier molecular flexibility index (Phi) is 5.11. The number of fused-ring (bicyclic) bond motifs is 1. The van der Waals surface area contributed by atoms with Crippen LogP contribution in [-0.4, -0.2) is 37.1 Å². The first-order chi connectivity index (χ1) is 7.90. The van der Waals surface area contributed by atoms with Gasteiger partial charge >= 0.3 is 0 Å². The molecule has 2 nitrogen and oxygen atoms in total. The predicted molar refractivity (Wildman–Crippen MR) is 69.7 cm³/mol. The van der Waals surface area contributed by atoms with Gasteiger partial charge in [0.05, 0.1) is 0 Å². The topological polar surface area (TPSA) is 15.3 Å². The second-order valence-corrected chi connectivity index (χ2v) is 5.61. The van der Waals surface area contributed by atoms with Crippen LogP contribution in [0.2, 0.25) is 0 Å². The fourth-order valence-corrected chi connectivity index (χ4v) is 3.29. The Morgan fingerprint density at radius 2 is 2.12 bits per heavy atom. The summed E-state index contributed by atoms with van der Waals surface area (Å²) in [6, 6.07) is 0.848. The summed E-state index contributed by atoms with van der Waals surface area (Å²) in [7, 11) is 0. The van der Waals surface area contributed by atoms with Gasteiger partial charge in [-0.2, -0.15) is 0 Å². The van der Waals surface area contributed by atoms with Crippen molar-refractivity contribution in [1.82, 2.24) is 10.2 Å². The van der Waals surface area contributed by atoms with Gasteiger partial charge in [-0.15, -0.1) is 0 Å². The first-order valence-corrected chi connectivity index (χ1v) is 7.36. The molecule has 1 N–H and O–H groups in total. The Bertz CT molecular complexity index is 193. The number of rotatable bonds is 5. The van der Waals surface area contributed by atoms with Crippen LogP contribution in [-0.2, 0) is 0 Å². The van der Waals surface area contributed by atoms with E-state index in [9.17, 15) is 0 Å². The number of nitrogens with one attached hydrogen (secondary N) is 1. The largest absolute Gasteiger partial charge is 0.314 e. The number of unbranched alkanes of at least 4 members (excludes halogenated alkanes) is 3. The highest BCUT2D eigenvalue weighted by atomic mass is 15.1. The van der Waals surface area contributed by atoms with E-state index in [-0.39, 0.29) is 0 Å². The van der Waals surface area contributed by atoms with Gasteiger partial charge < -0.3 is 10.2 Å². The normalized spacial score (nSPS) is 31.3. The van der Waals surface area contributed by atoms with Crippen LogP contribution >= 0.6 is 0 Å². The molecule has 0 radical (unpaired) electrons. The molecule has 2 heteroatoms. The van der Waals surface area contributed by atoms with Gasteiger partial charge in [0.15, 0.2) is 0 Å². The van der Waals surface area contributed by atoms with Crippen molar-refractivity contribution in [3.05, 3.63) is 0 Å². The van der Waals surface area contributed by atoms with Crippen molar-refractivity contribution in [2.75, 3.05) is 26.2 Å². The van der Waals surface area contributed by atoms with Crippen LogP contribution in [0.25, 0.3) is 0 Å². The number of hydrogen-bond donors (Lipinski definition) is 1. The van der Waals surface area contributed by atoms with Crippen molar-refractivity contribution in [3.8, 4) is 0 Å². The fraction of sp³-hybridized carbons (Fsp3) is 1.00. The van der Waals surface area contributed by atoms with Crippen molar-refractivity contribution in [3.63, 3.8) is 0 Å². The lowest BCUT2D eigenvalue weighted by atomic mass is 9.85. The molecular weight excluding hydrogens is 196 g/mol. The number of hydrogen-bond acceptors (Lipinski definition) is 2. The van der Waals surface area contributed by atoms with E-state index in [4.69, 9.17) is 0 Å². The highest BCUT2D eigenvalue weighted by molar-refractivity contribution is 4.88. The van der Waals surface area contributed by atoms with Crippen LogP contribution in [0.1, 0.15) is 51.9 Å². The molecule has 2 atom stereocenters. The van der Waals surface area contributed by atoms with Crippen LogP contribution in [0.3, 0.4) is 0 Å². The van der Waals surface area contributed by atoms with Crippen LogP contribution in [0.5, 0.6) is 0 Å². The van der Waals surface area contributed by atoms with Crippen molar-refractivity contribution in [2.24, 2.45) is 5.92 Å². The van der Waals surface area contributed by atoms with Crippen molar-refractivity contribution < 1.29 is 0 Å². The van der Waals surface area contributed by atoms with Gasteiger partial charge in [0.25, 0.3) is 0 Å². The third kappa shape index (κ3) is 3.46. The average molecular weight is 224 g/mol. The molecule has 2 fully saturated rings. The number of nitrogens with zero attached hydrogens (tertiary/aromatic N) is 1. The zero-order valence-electron chi connectivity index (χ0n) is 10.9. The van der Waals surface area contributed by atoms with Crippen LogP contribution < -0.4 is 5.32 Å². The first kappa shape index (κ1) is 12.4. The molecule has 16 heavy (non-hydrogen) atoms. The van der Waals surface area contributed by atoms with E-state index in [0.717, 1.165) is 12.0 Å². The SMILES string of the molecule is CCCCCCN1CCC2NCCCC2C1. The maximum absolute atomic E-state index is 3.69. The summed E-state index contributed by atoms with van der Waals surface area (Å²) in [6.45, 7) is 7.60. The van der Waals surface area contributed by atoms with Crippen LogP contribution in [0.15, 0.2) is 0 Å². The Hall–Kier alpha value is -0.0800. The minimum absolute atomic E-state index is 0.848. The van der Waals surface area contributed by atoms with Gasteiger partial charge in [0.2, 0.25) is 0 Å². The zero-order chi connectivity index (χ0) is 11.2. The highest BCUT2D eigenvalue weighted by Crippen LogP contribution is 2.24. The fourth-order valence-electron chi connectivity index (χ4n) is 3.29. The van der Waals surface area contributed by atoms with E-state index in [0.29, 0.717) is 0 Å². The lowest BCUT2D eigenvalue weighted by Crippen LogP contribution is -2.52. The summed E-state index contributed by atoms with van der Waals surface area (Å²) in [6.07, 6.45) is 9.86. The van der Waals surface area contributed by atoms with Gasteiger partial charge in [-0.05, 0) is 51.2 Å². The number of piperidine rings is 2. The maximum Gasteiger partial charge on any atom is 0.0120 e. The van der Waals surface area contributed by atoms with E-state index < -0.39 is 0 Å². The molecule has 2 heterocycles. The summed E-state index contributed by atoms with van der Waals surface area (Å²) < 4.78 is 0. The number of likely N-dealkylation sites (tertiary alicyclic amines) is 1. The minimum Gasteiger partial charge on any atom is -0.314 e. The van der Waals surface area contributed by atoms with Crippen molar-refractivity contribution >= 4 is 0 Å². The molecule has 0 aromatic carbocycles. The van der Waals surface area contributed by atoms with Crippen LogP contribution in [0, 0.1) is 5.92 Å². The van der Waals surface area contributed by atoms with E-state index in [1.165, 1.54) is 71.1 Å². The molecule has 0 amide bonds. The van der Waals surface area contributed by atoms with Crippen molar-refractivity contribution in [2.45, 2.75) is 57.9 Å². The molecule has 0 aromatic heterocycles. The molecule has 2 aliphatic heterocycles. The van der Waals surface area contributed by atoms with Gasteiger partial charge in [0.1, 0.15) is 0 Å². The minimum atomic E-state index is 0.848. The Morgan fingerprint density at radius 1 is 1.19 bits per heavy atom. The Labute approximate surface area is 101 Å². The molecule has 94 valence electrons. The van der Waals surface area contributed by atoms with E-state index >= 15 is 0 Å². The molecule has 2 aliphatic rings. The zero-order valence-corrected chi connectivity index (χ0v) is 10.9. The summed E-state index contributed by atoms with van der Waals surface area (Å²) in [5, 5.41) is 3.69. The monoisotopic (exact) mass is 224 g/mol. The third-order valence-electron chi connectivity index (χ3n) is 4.30. The molecule has 0 aliphatic carbocycles. The molecule has 0 saturated carbocycles. The van der Waals surface area contributed by atoms with Gasteiger partial charge in [-0.1, -0.05) is 26.2 Å². The summed E-state index contributed by atoms with van der Waals surface area (Å²) in [5.74, 6) is 0.952. The Morgan fingerprint density at radius 3 is 3.00 bits per heavy atom. The molecule has 2 unspecified atom stereocenters. The van der Waals surface area contributed by atoms with Gasteiger partial charge in [-0.3, -0.25) is 0 Å². The van der Waals surface area contributed by atoms with Crippen molar-refractivity contribution in [1.29, 1.82) is 0 Å². The van der Waals surface area contributed by atoms with E-state index in [2.05, 4.69) is 17.1 Å². The second-order valence-electron chi connectivity index (χ2n) is 5.61. The van der Waals surface area contributed by atoms with Gasteiger partial charge in [0, 0.05) is 12.6 Å². The molecule has 0 aromatic rings.